The second kappa shape index (κ2) is 6.16. The summed E-state index contributed by atoms with van der Waals surface area (Å²) in [5.74, 6) is -0.224. The monoisotopic (exact) mass is 333 g/mol. The number of halogens is 1. The van der Waals surface area contributed by atoms with Gasteiger partial charge in [0.1, 0.15) is 17.5 Å². The van der Waals surface area contributed by atoms with E-state index in [2.05, 4.69) is 23.1 Å². The number of aromatic nitrogens is 2. The van der Waals surface area contributed by atoms with Gasteiger partial charge in [-0.3, -0.25) is 9.59 Å². The van der Waals surface area contributed by atoms with E-state index in [9.17, 15) is 14.0 Å². The Balaban J connectivity index is 2.17. The predicted molar refractivity (Wildman–Crippen MR) is 88.4 cm³/mol. The van der Waals surface area contributed by atoms with E-state index >= 15 is 0 Å². The Morgan fingerprint density at radius 1 is 1.35 bits per heavy atom. The van der Waals surface area contributed by atoms with Gasteiger partial charge in [0.2, 0.25) is 5.91 Å². The van der Waals surface area contributed by atoms with Gasteiger partial charge in [-0.2, -0.15) is 0 Å². The lowest BCUT2D eigenvalue weighted by atomic mass is 9.87. The van der Waals surface area contributed by atoms with Crippen molar-refractivity contribution in [3.8, 4) is 0 Å². The molecule has 5 nitrogen and oxygen atoms in total. The molecule has 0 saturated carbocycles. The van der Waals surface area contributed by atoms with Crippen molar-refractivity contribution in [3.63, 3.8) is 0 Å². The molecule has 1 atom stereocenters. The highest BCUT2D eigenvalue weighted by molar-refractivity contribution is 7.78. The maximum Gasteiger partial charge on any atom is 0.269 e. The van der Waals surface area contributed by atoms with Crippen molar-refractivity contribution in [1.82, 2.24) is 8.96 Å². The summed E-state index contributed by atoms with van der Waals surface area (Å²) >= 11 is 4.24. The van der Waals surface area contributed by atoms with Crippen LogP contribution in [0.3, 0.4) is 0 Å². The van der Waals surface area contributed by atoms with E-state index < -0.39 is 5.92 Å². The van der Waals surface area contributed by atoms with Crippen molar-refractivity contribution in [2.24, 2.45) is 0 Å². The number of thiol groups is 1. The molecule has 1 amide bonds. The molecule has 1 aliphatic heterocycles. The SMILES string of the molecule is CCCc1nc2c(c(=O)n1S)C(c1ccc(F)cc1)CC(=O)N2. The number of fused-ring (bicyclic) bond motifs is 1. The molecule has 1 aromatic heterocycles. The molecule has 120 valence electrons. The number of carbonyl (C=O) groups is 1. The van der Waals surface area contributed by atoms with Crippen LogP contribution < -0.4 is 10.9 Å². The Morgan fingerprint density at radius 2 is 2.04 bits per heavy atom. The fourth-order valence-electron chi connectivity index (χ4n) is 2.81. The highest BCUT2D eigenvalue weighted by atomic mass is 32.1. The molecule has 2 heterocycles. The summed E-state index contributed by atoms with van der Waals surface area (Å²) in [5, 5.41) is 2.67. The molecule has 2 aromatic rings. The third-order valence-corrected chi connectivity index (χ3v) is 4.32. The van der Waals surface area contributed by atoms with Crippen LogP contribution in [-0.2, 0) is 11.2 Å². The molecule has 23 heavy (non-hydrogen) atoms. The molecule has 3 rings (SSSR count). The average molecular weight is 333 g/mol. The minimum Gasteiger partial charge on any atom is -0.310 e. The van der Waals surface area contributed by atoms with Gasteiger partial charge in [-0.1, -0.05) is 31.9 Å². The number of rotatable bonds is 3. The molecule has 7 heteroatoms. The first kappa shape index (κ1) is 15.7. The molecule has 0 spiro atoms. The van der Waals surface area contributed by atoms with Crippen molar-refractivity contribution in [1.29, 1.82) is 0 Å². The number of aryl methyl sites for hydroxylation is 1. The van der Waals surface area contributed by atoms with Crippen LogP contribution in [0, 0.1) is 5.82 Å². The Hall–Kier alpha value is -2.15. The molecule has 1 N–H and O–H groups in total. The van der Waals surface area contributed by atoms with Crippen LogP contribution in [0.25, 0.3) is 0 Å². The zero-order chi connectivity index (χ0) is 16.6. The summed E-state index contributed by atoms with van der Waals surface area (Å²) in [4.78, 5) is 29.1. The van der Waals surface area contributed by atoms with Gasteiger partial charge in [-0.25, -0.2) is 13.3 Å². The molecule has 1 aliphatic rings. The molecule has 0 radical (unpaired) electrons. The first-order valence-electron chi connectivity index (χ1n) is 7.41. The highest BCUT2D eigenvalue weighted by Gasteiger charge is 2.31. The van der Waals surface area contributed by atoms with Crippen molar-refractivity contribution in [2.75, 3.05) is 5.32 Å². The molecule has 0 saturated heterocycles. The van der Waals surface area contributed by atoms with E-state index in [-0.39, 0.29) is 29.5 Å². The summed E-state index contributed by atoms with van der Waals surface area (Å²) in [5.41, 5.74) is 0.806. The van der Waals surface area contributed by atoms with Gasteiger partial charge < -0.3 is 5.32 Å². The van der Waals surface area contributed by atoms with Crippen LogP contribution in [0.2, 0.25) is 0 Å². The lowest BCUT2D eigenvalue weighted by Crippen LogP contribution is -2.34. The van der Waals surface area contributed by atoms with Gasteiger partial charge in [-0.05, 0) is 24.1 Å². The van der Waals surface area contributed by atoms with E-state index in [1.807, 2.05) is 6.92 Å². The molecule has 1 unspecified atom stereocenters. The Bertz CT molecular complexity index is 817. The van der Waals surface area contributed by atoms with Gasteiger partial charge in [-0.15, -0.1) is 0 Å². The van der Waals surface area contributed by atoms with Gasteiger partial charge in [0.25, 0.3) is 5.56 Å². The van der Waals surface area contributed by atoms with E-state index in [4.69, 9.17) is 0 Å². The van der Waals surface area contributed by atoms with Gasteiger partial charge >= 0.3 is 0 Å². The summed E-state index contributed by atoms with van der Waals surface area (Å²) in [7, 11) is 0. The maximum absolute atomic E-state index is 13.1. The number of hydrogen-bond acceptors (Lipinski definition) is 4. The largest absolute Gasteiger partial charge is 0.310 e. The smallest absolute Gasteiger partial charge is 0.269 e. The fraction of sp³-hybridized carbons (Fsp3) is 0.312. The van der Waals surface area contributed by atoms with Crippen LogP contribution in [-0.4, -0.2) is 14.9 Å². The number of anilines is 1. The molecule has 1 aromatic carbocycles. The Labute approximate surface area is 138 Å². The van der Waals surface area contributed by atoms with Crippen molar-refractivity contribution in [3.05, 3.63) is 57.4 Å². The van der Waals surface area contributed by atoms with Gasteiger partial charge in [0.05, 0.1) is 5.56 Å². The zero-order valence-corrected chi connectivity index (χ0v) is 13.4. The number of nitrogens with zero attached hydrogens (tertiary/aromatic N) is 2. The normalized spacial score (nSPS) is 16.8. The minimum atomic E-state index is -0.451. The van der Waals surface area contributed by atoms with Gasteiger partial charge in [0.15, 0.2) is 0 Å². The molecule has 0 bridgehead atoms. The van der Waals surface area contributed by atoms with Crippen molar-refractivity contribution >= 4 is 24.5 Å². The number of carbonyl (C=O) groups excluding carboxylic acids is 1. The van der Waals surface area contributed by atoms with Gasteiger partial charge in [0, 0.05) is 18.8 Å². The summed E-state index contributed by atoms with van der Waals surface area (Å²) in [6, 6.07) is 5.81. The second-order valence-corrected chi connectivity index (χ2v) is 5.91. The van der Waals surface area contributed by atoms with Crippen LogP contribution in [0.15, 0.2) is 29.1 Å². The third-order valence-electron chi connectivity index (χ3n) is 3.91. The standard InChI is InChI=1S/C16H16FN3O2S/c1-2-3-12-18-15-14(16(22)20(12)23)11(8-13(21)19-15)9-4-6-10(17)7-5-9/h4-7,11,23H,2-3,8H2,1H3,(H,19,21). The van der Waals surface area contributed by atoms with E-state index in [0.29, 0.717) is 23.4 Å². The topological polar surface area (TPSA) is 64.0 Å². The van der Waals surface area contributed by atoms with E-state index in [0.717, 1.165) is 6.42 Å². The molecule has 0 fully saturated rings. The predicted octanol–water partition coefficient (Wildman–Crippen LogP) is 2.50. The fourth-order valence-corrected chi connectivity index (χ4v) is 3.07. The highest BCUT2D eigenvalue weighted by Crippen LogP contribution is 2.34. The summed E-state index contributed by atoms with van der Waals surface area (Å²) in [6.45, 7) is 1.97. The average Bonchev–Trinajstić information content (AvgIpc) is 2.52. The Morgan fingerprint density at radius 3 is 2.70 bits per heavy atom. The first-order valence-corrected chi connectivity index (χ1v) is 7.81. The summed E-state index contributed by atoms with van der Waals surface area (Å²) < 4.78 is 14.4. The quantitative estimate of drug-likeness (QED) is 0.848. The van der Waals surface area contributed by atoms with Crippen molar-refractivity contribution in [2.45, 2.75) is 32.1 Å². The number of benzene rings is 1. The lowest BCUT2D eigenvalue weighted by molar-refractivity contribution is -0.116. The van der Waals surface area contributed by atoms with Crippen LogP contribution in [0.4, 0.5) is 10.2 Å². The van der Waals surface area contributed by atoms with Crippen LogP contribution in [0.1, 0.15) is 42.6 Å². The molecular weight excluding hydrogens is 317 g/mol. The minimum absolute atomic E-state index is 0.121. The van der Waals surface area contributed by atoms with Crippen LogP contribution in [0.5, 0.6) is 0 Å². The van der Waals surface area contributed by atoms with E-state index in [1.165, 1.54) is 16.1 Å². The second-order valence-electron chi connectivity index (χ2n) is 5.51. The number of nitrogens with one attached hydrogen (secondary N) is 1. The maximum atomic E-state index is 13.1. The molecule has 0 aliphatic carbocycles. The number of amides is 1. The zero-order valence-electron chi connectivity index (χ0n) is 12.5. The van der Waals surface area contributed by atoms with Crippen molar-refractivity contribution < 1.29 is 9.18 Å². The molecular formula is C16H16FN3O2S. The lowest BCUT2D eigenvalue weighted by Gasteiger charge is -2.25. The van der Waals surface area contributed by atoms with Crippen LogP contribution >= 0.6 is 12.8 Å². The third kappa shape index (κ3) is 2.88. The first-order chi connectivity index (χ1) is 11.0. The number of hydrogen-bond donors (Lipinski definition) is 2. The van der Waals surface area contributed by atoms with E-state index in [1.54, 1.807) is 12.1 Å². The summed E-state index contributed by atoms with van der Waals surface area (Å²) in [6.07, 6.45) is 1.51. The Kier molecular flexibility index (Phi) is 4.21.